The van der Waals surface area contributed by atoms with Gasteiger partial charge in [-0.3, -0.25) is 14.6 Å². The number of aliphatic hydroxyl groups excluding tert-OH is 1. The van der Waals surface area contributed by atoms with Crippen molar-refractivity contribution >= 4 is 5.91 Å². The lowest BCUT2D eigenvalue weighted by atomic mass is 9.77. The number of hydrogen-bond acceptors (Lipinski definition) is 6. The predicted octanol–water partition coefficient (Wildman–Crippen LogP) is 1.11. The summed E-state index contributed by atoms with van der Waals surface area (Å²) in [6, 6.07) is 8.21. The molecule has 4 rings (SSSR count). The van der Waals surface area contributed by atoms with Gasteiger partial charge >= 0.3 is 0 Å². The number of carbonyl (C=O) groups is 1. The molecule has 0 spiro atoms. The fourth-order valence-electron chi connectivity index (χ4n) is 5.20. The van der Waals surface area contributed by atoms with Crippen molar-refractivity contribution in [3.8, 4) is 5.75 Å². The van der Waals surface area contributed by atoms with E-state index in [0.29, 0.717) is 18.4 Å². The van der Waals surface area contributed by atoms with Crippen molar-refractivity contribution in [3.05, 3.63) is 29.8 Å². The molecule has 4 atom stereocenters. The largest absolute Gasteiger partial charge is 0.492 e. The second-order valence-electron chi connectivity index (χ2n) is 8.97. The first kappa shape index (κ1) is 21.6. The van der Waals surface area contributed by atoms with Crippen LogP contribution in [0.5, 0.6) is 5.75 Å². The molecule has 1 aromatic carbocycles. The van der Waals surface area contributed by atoms with E-state index in [2.05, 4.69) is 33.3 Å². The van der Waals surface area contributed by atoms with Crippen LogP contribution in [0.2, 0.25) is 0 Å². The van der Waals surface area contributed by atoms with Gasteiger partial charge in [-0.05, 0) is 30.7 Å². The first-order valence-corrected chi connectivity index (χ1v) is 11.3. The van der Waals surface area contributed by atoms with E-state index in [0.717, 1.165) is 71.1 Å². The number of benzene rings is 1. The molecule has 1 aromatic rings. The molecule has 7 nitrogen and oxygen atoms in total. The zero-order chi connectivity index (χ0) is 20.9. The number of nitrogens with zero attached hydrogens (tertiary/aromatic N) is 2. The van der Waals surface area contributed by atoms with Crippen molar-refractivity contribution in [2.45, 2.75) is 38.5 Å². The van der Waals surface area contributed by atoms with Gasteiger partial charge in [-0.2, -0.15) is 0 Å². The summed E-state index contributed by atoms with van der Waals surface area (Å²) < 4.78 is 11.6. The van der Waals surface area contributed by atoms with E-state index < -0.39 is 6.10 Å². The zero-order valence-electron chi connectivity index (χ0n) is 18.0. The Morgan fingerprint density at radius 1 is 1.17 bits per heavy atom. The first-order chi connectivity index (χ1) is 14.6. The summed E-state index contributed by atoms with van der Waals surface area (Å²) in [7, 11) is 0. The maximum Gasteiger partial charge on any atom is 0.217 e. The third kappa shape index (κ3) is 5.52. The highest BCUT2D eigenvalue weighted by Gasteiger charge is 2.41. The van der Waals surface area contributed by atoms with Crippen molar-refractivity contribution in [1.82, 2.24) is 15.1 Å². The number of fused-ring (bicyclic) bond motifs is 1. The molecule has 2 aliphatic heterocycles. The van der Waals surface area contributed by atoms with E-state index in [1.165, 1.54) is 12.5 Å². The number of hydrogen-bond donors (Lipinski definition) is 2. The van der Waals surface area contributed by atoms with Crippen LogP contribution in [0.25, 0.3) is 0 Å². The van der Waals surface area contributed by atoms with Crippen LogP contribution in [0.4, 0.5) is 0 Å². The van der Waals surface area contributed by atoms with E-state index in [-0.39, 0.29) is 11.9 Å². The standard InChI is InChI=1S/C23H35N3O4/c1-17(27)24-21-12-19-15-26(16-20(19)13-22(21)28)14-18-4-2-3-5-23(18)30-11-8-25-6-9-29-10-7-25/h2-5,19-22,28H,6-16H2,1H3,(H,24,27)/t19-,20+,21-,22-/m1/s1. The van der Waals surface area contributed by atoms with E-state index in [1.54, 1.807) is 0 Å². The number of likely N-dealkylation sites (tertiary alicyclic amines) is 1. The Morgan fingerprint density at radius 2 is 1.90 bits per heavy atom. The number of nitrogens with one attached hydrogen (secondary N) is 1. The van der Waals surface area contributed by atoms with Gasteiger partial charge in [-0.15, -0.1) is 0 Å². The van der Waals surface area contributed by atoms with Gasteiger partial charge in [-0.25, -0.2) is 0 Å². The van der Waals surface area contributed by atoms with Crippen molar-refractivity contribution in [2.24, 2.45) is 11.8 Å². The summed E-state index contributed by atoms with van der Waals surface area (Å²) in [5.74, 6) is 1.94. The summed E-state index contributed by atoms with van der Waals surface area (Å²) in [4.78, 5) is 16.3. The van der Waals surface area contributed by atoms with Gasteiger partial charge < -0.3 is 19.9 Å². The molecule has 3 fully saturated rings. The van der Waals surface area contributed by atoms with Crippen LogP contribution in [0.3, 0.4) is 0 Å². The number of para-hydroxylation sites is 1. The van der Waals surface area contributed by atoms with Gasteiger partial charge in [0.15, 0.2) is 0 Å². The molecule has 2 N–H and O–H groups in total. The Bertz CT molecular complexity index is 709. The minimum absolute atomic E-state index is 0.0597. The van der Waals surface area contributed by atoms with Crippen molar-refractivity contribution in [1.29, 1.82) is 0 Å². The Kier molecular flexibility index (Phi) is 7.25. The molecule has 166 valence electrons. The molecular formula is C23H35N3O4. The smallest absolute Gasteiger partial charge is 0.217 e. The molecule has 0 bridgehead atoms. The second-order valence-corrected chi connectivity index (χ2v) is 8.97. The normalized spacial score (nSPS) is 30.1. The van der Waals surface area contributed by atoms with Gasteiger partial charge in [0, 0.05) is 51.8 Å². The van der Waals surface area contributed by atoms with Crippen LogP contribution >= 0.6 is 0 Å². The number of amides is 1. The zero-order valence-corrected chi connectivity index (χ0v) is 18.0. The topological polar surface area (TPSA) is 74.3 Å². The SMILES string of the molecule is CC(=O)N[C@@H]1C[C@@H]2CN(Cc3ccccc3OCCN3CCOCC3)C[C@@H]2C[C@H]1O. The van der Waals surface area contributed by atoms with Crippen LogP contribution in [0.1, 0.15) is 25.3 Å². The quantitative estimate of drug-likeness (QED) is 0.692. The maximum atomic E-state index is 11.4. The molecule has 1 saturated carbocycles. The van der Waals surface area contributed by atoms with E-state index in [9.17, 15) is 9.90 Å². The third-order valence-electron chi connectivity index (χ3n) is 6.74. The minimum Gasteiger partial charge on any atom is -0.492 e. The second kappa shape index (κ2) is 10.1. The van der Waals surface area contributed by atoms with Gasteiger partial charge in [-0.1, -0.05) is 18.2 Å². The summed E-state index contributed by atoms with van der Waals surface area (Å²) >= 11 is 0. The van der Waals surface area contributed by atoms with Crippen molar-refractivity contribution in [2.75, 3.05) is 52.5 Å². The summed E-state index contributed by atoms with van der Waals surface area (Å²) in [5.41, 5.74) is 1.22. The lowest BCUT2D eigenvalue weighted by Crippen LogP contribution is -2.48. The lowest BCUT2D eigenvalue weighted by Gasteiger charge is -2.35. The van der Waals surface area contributed by atoms with E-state index in [4.69, 9.17) is 9.47 Å². The van der Waals surface area contributed by atoms with Crippen LogP contribution in [-0.4, -0.2) is 85.5 Å². The number of ether oxygens (including phenoxy) is 2. The summed E-state index contributed by atoms with van der Waals surface area (Å²) in [6.45, 7) is 9.58. The summed E-state index contributed by atoms with van der Waals surface area (Å²) in [5, 5.41) is 13.4. The highest BCUT2D eigenvalue weighted by Crippen LogP contribution is 2.37. The fraction of sp³-hybridized carbons (Fsp3) is 0.696. The first-order valence-electron chi connectivity index (χ1n) is 11.3. The molecule has 30 heavy (non-hydrogen) atoms. The molecular weight excluding hydrogens is 382 g/mol. The predicted molar refractivity (Wildman–Crippen MR) is 114 cm³/mol. The highest BCUT2D eigenvalue weighted by atomic mass is 16.5. The van der Waals surface area contributed by atoms with Gasteiger partial charge in [0.1, 0.15) is 12.4 Å². The van der Waals surface area contributed by atoms with Crippen molar-refractivity contribution < 1.29 is 19.4 Å². The fourth-order valence-corrected chi connectivity index (χ4v) is 5.20. The van der Waals surface area contributed by atoms with Gasteiger partial charge in [0.2, 0.25) is 5.91 Å². The molecule has 3 aliphatic rings. The van der Waals surface area contributed by atoms with Crippen molar-refractivity contribution in [3.63, 3.8) is 0 Å². The number of carbonyl (C=O) groups excluding carboxylic acids is 1. The number of rotatable bonds is 7. The van der Waals surface area contributed by atoms with E-state index in [1.807, 2.05) is 6.07 Å². The molecule has 7 heteroatoms. The molecule has 1 amide bonds. The van der Waals surface area contributed by atoms with Gasteiger partial charge in [0.05, 0.1) is 25.4 Å². The average molecular weight is 418 g/mol. The third-order valence-corrected chi connectivity index (χ3v) is 6.74. The molecule has 2 saturated heterocycles. The average Bonchev–Trinajstić information content (AvgIpc) is 3.11. The molecule has 0 unspecified atom stereocenters. The number of morpholine rings is 1. The Hall–Kier alpha value is -1.67. The Balaban J connectivity index is 1.30. The molecule has 0 radical (unpaired) electrons. The van der Waals surface area contributed by atoms with Crippen LogP contribution in [0.15, 0.2) is 24.3 Å². The maximum absolute atomic E-state index is 11.4. The van der Waals surface area contributed by atoms with Crippen LogP contribution < -0.4 is 10.1 Å². The highest BCUT2D eigenvalue weighted by molar-refractivity contribution is 5.73. The minimum atomic E-state index is -0.439. The Morgan fingerprint density at radius 3 is 2.67 bits per heavy atom. The molecule has 2 heterocycles. The van der Waals surface area contributed by atoms with E-state index >= 15 is 0 Å². The van der Waals surface area contributed by atoms with Crippen LogP contribution in [-0.2, 0) is 16.1 Å². The molecule has 1 aliphatic carbocycles. The van der Waals surface area contributed by atoms with Crippen LogP contribution in [0, 0.1) is 11.8 Å². The monoisotopic (exact) mass is 417 g/mol. The summed E-state index contributed by atoms with van der Waals surface area (Å²) in [6.07, 6.45) is 1.19. The van der Waals surface area contributed by atoms with Gasteiger partial charge in [0.25, 0.3) is 0 Å². The molecule has 0 aromatic heterocycles. The lowest BCUT2D eigenvalue weighted by molar-refractivity contribution is -0.121. The number of aliphatic hydroxyl groups is 1. The Labute approximate surface area is 179 Å².